The normalized spacial score (nSPS) is 18.7. The van der Waals surface area contributed by atoms with Gasteiger partial charge < -0.3 is 24.1 Å². The van der Waals surface area contributed by atoms with Crippen molar-refractivity contribution >= 4 is 5.97 Å². The second-order valence-electron chi connectivity index (χ2n) is 5.94. The Balaban J connectivity index is 1.97. The summed E-state index contributed by atoms with van der Waals surface area (Å²) < 4.78 is 22.6. The van der Waals surface area contributed by atoms with E-state index in [0.717, 1.165) is 0 Å². The quantitative estimate of drug-likeness (QED) is 0.895. The highest BCUT2D eigenvalue weighted by molar-refractivity contribution is 5.75. The van der Waals surface area contributed by atoms with Gasteiger partial charge in [-0.25, -0.2) is 4.79 Å². The molecule has 6 heteroatoms. The van der Waals surface area contributed by atoms with Gasteiger partial charge in [0.05, 0.1) is 13.2 Å². The van der Waals surface area contributed by atoms with Crippen molar-refractivity contribution in [1.82, 2.24) is 0 Å². The van der Waals surface area contributed by atoms with Crippen molar-refractivity contribution in [1.29, 1.82) is 0 Å². The number of carbonyl (C=O) groups is 1. The third kappa shape index (κ3) is 3.47. The molecule has 1 aliphatic heterocycles. The Morgan fingerprint density at radius 3 is 2.36 bits per heavy atom. The number of methoxy groups -OCH3 is 1. The number of para-hydroxylation sites is 2. The van der Waals surface area contributed by atoms with Gasteiger partial charge in [0.25, 0.3) is 0 Å². The van der Waals surface area contributed by atoms with Crippen LogP contribution in [0.2, 0.25) is 0 Å². The molecular weight excluding hydrogens is 324 g/mol. The predicted molar refractivity (Wildman–Crippen MR) is 90.6 cm³/mol. The van der Waals surface area contributed by atoms with Gasteiger partial charge in [0.1, 0.15) is 0 Å². The maximum absolute atomic E-state index is 11.7. The van der Waals surface area contributed by atoms with E-state index in [1.165, 1.54) is 7.11 Å². The minimum Gasteiger partial charge on any atom is -0.493 e. The van der Waals surface area contributed by atoms with Crippen molar-refractivity contribution in [3.63, 3.8) is 0 Å². The number of hydrogen-bond donors (Lipinski definition) is 1. The van der Waals surface area contributed by atoms with Crippen LogP contribution in [-0.2, 0) is 4.79 Å². The highest BCUT2D eigenvalue weighted by atomic mass is 16.6. The summed E-state index contributed by atoms with van der Waals surface area (Å²) >= 11 is 0. The Kier molecular flexibility index (Phi) is 4.70. The van der Waals surface area contributed by atoms with E-state index in [1.807, 2.05) is 13.8 Å². The van der Waals surface area contributed by atoms with Gasteiger partial charge in [-0.2, -0.15) is 0 Å². The van der Waals surface area contributed by atoms with Crippen molar-refractivity contribution in [2.75, 3.05) is 7.11 Å². The zero-order chi connectivity index (χ0) is 18.0. The van der Waals surface area contributed by atoms with E-state index in [0.29, 0.717) is 28.6 Å². The molecule has 3 rings (SSSR count). The SMILES string of the molecule is COc1cc(C2Oc3ccccc3OC2C(=O)O)ccc1OC(C)C. The second kappa shape index (κ2) is 6.93. The molecule has 1 N–H and O–H groups in total. The van der Waals surface area contributed by atoms with Crippen LogP contribution < -0.4 is 18.9 Å². The first-order chi connectivity index (χ1) is 12.0. The number of aliphatic carboxylic acids is 1. The summed E-state index contributed by atoms with van der Waals surface area (Å²) in [5.41, 5.74) is 0.634. The fourth-order valence-electron chi connectivity index (χ4n) is 2.68. The number of carboxylic acids is 1. The highest BCUT2D eigenvalue weighted by Gasteiger charge is 2.38. The zero-order valence-electron chi connectivity index (χ0n) is 14.3. The standard InChI is InChI=1S/C19H20O6/c1-11(2)23-15-9-8-12(10-16(15)22-3)17-18(19(20)21)25-14-7-5-4-6-13(14)24-17/h4-11,17-18H,1-3H3,(H,20,21). The average Bonchev–Trinajstić information content (AvgIpc) is 2.60. The molecule has 0 amide bonds. The number of fused-ring (bicyclic) bond motifs is 1. The lowest BCUT2D eigenvalue weighted by Crippen LogP contribution is -2.39. The molecule has 0 bridgehead atoms. The minimum atomic E-state index is -1.16. The van der Waals surface area contributed by atoms with Crippen LogP contribution in [0.4, 0.5) is 0 Å². The third-order valence-corrected chi connectivity index (χ3v) is 3.75. The summed E-state index contributed by atoms with van der Waals surface area (Å²) in [4.78, 5) is 11.7. The van der Waals surface area contributed by atoms with Crippen LogP contribution in [0, 0.1) is 0 Å². The maximum Gasteiger partial charge on any atom is 0.349 e. The first kappa shape index (κ1) is 17.0. The Bertz CT molecular complexity index is 770. The summed E-state index contributed by atoms with van der Waals surface area (Å²) in [6, 6.07) is 12.2. The van der Waals surface area contributed by atoms with Gasteiger partial charge >= 0.3 is 5.97 Å². The molecule has 0 saturated heterocycles. The molecule has 0 aliphatic carbocycles. The van der Waals surface area contributed by atoms with Crippen LogP contribution in [0.25, 0.3) is 0 Å². The maximum atomic E-state index is 11.7. The van der Waals surface area contributed by atoms with E-state index in [9.17, 15) is 9.90 Å². The predicted octanol–water partition coefficient (Wildman–Crippen LogP) is 3.45. The van der Waals surface area contributed by atoms with Gasteiger partial charge in [-0.1, -0.05) is 18.2 Å². The number of carboxylic acid groups (broad SMARTS) is 1. The minimum absolute atomic E-state index is 0.00680. The number of hydrogen-bond acceptors (Lipinski definition) is 5. The van der Waals surface area contributed by atoms with E-state index in [2.05, 4.69) is 0 Å². The van der Waals surface area contributed by atoms with Crippen LogP contribution in [0.5, 0.6) is 23.0 Å². The van der Waals surface area contributed by atoms with Gasteiger partial charge in [-0.3, -0.25) is 0 Å². The summed E-state index contributed by atoms with van der Waals surface area (Å²) in [6.07, 6.45) is -1.96. The van der Waals surface area contributed by atoms with E-state index in [-0.39, 0.29) is 6.10 Å². The lowest BCUT2D eigenvalue weighted by Gasteiger charge is -2.32. The van der Waals surface area contributed by atoms with Crippen LogP contribution in [-0.4, -0.2) is 30.4 Å². The van der Waals surface area contributed by atoms with Crippen LogP contribution in [0.1, 0.15) is 25.5 Å². The molecule has 2 aromatic carbocycles. The van der Waals surface area contributed by atoms with E-state index >= 15 is 0 Å². The molecule has 0 radical (unpaired) electrons. The summed E-state index contributed by atoms with van der Waals surface area (Å²) in [5.74, 6) is 0.924. The Morgan fingerprint density at radius 2 is 1.76 bits per heavy atom. The fraction of sp³-hybridized carbons (Fsp3) is 0.316. The molecule has 0 saturated carbocycles. The molecule has 132 valence electrons. The largest absolute Gasteiger partial charge is 0.493 e. The molecule has 0 spiro atoms. The third-order valence-electron chi connectivity index (χ3n) is 3.75. The summed E-state index contributed by atoms with van der Waals surface area (Å²) in [7, 11) is 1.54. The van der Waals surface area contributed by atoms with E-state index < -0.39 is 18.2 Å². The van der Waals surface area contributed by atoms with Crippen LogP contribution in [0.15, 0.2) is 42.5 Å². The monoisotopic (exact) mass is 344 g/mol. The van der Waals surface area contributed by atoms with Crippen molar-refractivity contribution in [2.45, 2.75) is 32.2 Å². The molecular formula is C19H20O6. The highest BCUT2D eigenvalue weighted by Crippen LogP contribution is 2.41. The van der Waals surface area contributed by atoms with Gasteiger partial charge in [-0.05, 0) is 38.1 Å². The zero-order valence-corrected chi connectivity index (χ0v) is 14.3. The van der Waals surface area contributed by atoms with Crippen molar-refractivity contribution < 1.29 is 28.8 Å². The fourth-order valence-corrected chi connectivity index (χ4v) is 2.68. The number of ether oxygens (including phenoxy) is 4. The Morgan fingerprint density at radius 1 is 1.08 bits per heavy atom. The lowest BCUT2D eigenvalue weighted by atomic mass is 10.0. The number of rotatable bonds is 5. The topological polar surface area (TPSA) is 74.2 Å². The van der Waals surface area contributed by atoms with Gasteiger partial charge in [-0.15, -0.1) is 0 Å². The number of benzene rings is 2. The lowest BCUT2D eigenvalue weighted by molar-refractivity contribution is -0.151. The first-order valence-corrected chi connectivity index (χ1v) is 7.99. The second-order valence-corrected chi connectivity index (χ2v) is 5.94. The van der Waals surface area contributed by atoms with Crippen LogP contribution in [0.3, 0.4) is 0 Å². The molecule has 1 heterocycles. The van der Waals surface area contributed by atoms with Crippen molar-refractivity contribution in [3.8, 4) is 23.0 Å². The molecule has 2 atom stereocenters. The van der Waals surface area contributed by atoms with Gasteiger partial charge in [0.2, 0.25) is 6.10 Å². The van der Waals surface area contributed by atoms with E-state index in [1.54, 1.807) is 42.5 Å². The van der Waals surface area contributed by atoms with E-state index in [4.69, 9.17) is 18.9 Å². The molecule has 2 unspecified atom stereocenters. The van der Waals surface area contributed by atoms with Gasteiger partial charge in [0.15, 0.2) is 29.1 Å². The average molecular weight is 344 g/mol. The Labute approximate surface area is 145 Å². The van der Waals surface area contributed by atoms with Crippen molar-refractivity contribution in [2.24, 2.45) is 0 Å². The summed E-state index contributed by atoms with van der Waals surface area (Å²) in [5, 5.41) is 9.53. The molecule has 0 aromatic heterocycles. The summed E-state index contributed by atoms with van der Waals surface area (Å²) in [6.45, 7) is 3.84. The smallest absolute Gasteiger partial charge is 0.349 e. The molecule has 2 aromatic rings. The molecule has 0 fully saturated rings. The van der Waals surface area contributed by atoms with Gasteiger partial charge in [0, 0.05) is 5.56 Å². The molecule has 25 heavy (non-hydrogen) atoms. The molecule has 6 nitrogen and oxygen atoms in total. The van der Waals surface area contributed by atoms with Crippen molar-refractivity contribution in [3.05, 3.63) is 48.0 Å². The van der Waals surface area contributed by atoms with Crippen LogP contribution >= 0.6 is 0 Å². The first-order valence-electron chi connectivity index (χ1n) is 7.99. The Hall–Kier alpha value is -2.89. The molecule has 1 aliphatic rings.